The first-order chi connectivity index (χ1) is 9.56. The van der Waals surface area contributed by atoms with Crippen molar-refractivity contribution in [3.63, 3.8) is 0 Å². The summed E-state index contributed by atoms with van der Waals surface area (Å²) in [4.78, 5) is 0.997. The number of fused-ring (bicyclic) bond motifs is 1. The molecule has 20 heavy (non-hydrogen) atoms. The quantitative estimate of drug-likeness (QED) is 0.725. The highest BCUT2D eigenvalue weighted by Crippen LogP contribution is 2.34. The molecular weight excluding hydrogens is 269 g/mol. The van der Waals surface area contributed by atoms with Gasteiger partial charge in [-0.3, -0.25) is 0 Å². The molecule has 0 aliphatic carbocycles. The highest BCUT2D eigenvalue weighted by atomic mass is 32.1. The van der Waals surface area contributed by atoms with Crippen molar-refractivity contribution in [2.24, 2.45) is 5.73 Å². The molecule has 0 amide bonds. The van der Waals surface area contributed by atoms with Crippen molar-refractivity contribution in [1.82, 2.24) is 0 Å². The van der Waals surface area contributed by atoms with Gasteiger partial charge in [0, 0.05) is 15.1 Å². The van der Waals surface area contributed by atoms with Crippen LogP contribution in [0.5, 0.6) is 0 Å². The number of halogens is 1. The molecule has 0 fully saturated rings. The lowest BCUT2D eigenvalue weighted by atomic mass is 9.98. The van der Waals surface area contributed by atoms with Crippen LogP contribution in [0, 0.1) is 19.7 Å². The molecule has 1 atom stereocenters. The maximum absolute atomic E-state index is 14.2. The van der Waals surface area contributed by atoms with E-state index in [-0.39, 0.29) is 5.82 Å². The number of rotatable bonds is 2. The monoisotopic (exact) mass is 285 g/mol. The standard InChI is InChI=1S/C17H16FNS/c1-10-7-11(2)16(13(18)8-10)17(19)15-9-12-5-3-4-6-14(12)20-15/h3-9,17H,19H2,1-2H3. The van der Waals surface area contributed by atoms with Gasteiger partial charge < -0.3 is 5.73 Å². The van der Waals surface area contributed by atoms with Crippen LogP contribution >= 0.6 is 11.3 Å². The summed E-state index contributed by atoms with van der Waals surface area (Å²) in [5, 5.41) is 1.16. The molecule has 2 aromatic carbocycles. The molecule has 3 heteroatoms. The van der Waals surface area contributed by atoms with Gasteiger partial charge in [-0.15, -0.1) is 11.3 Å². The van der Waals surface area contributed by atoms with Crippen LogP contribution in [0.25, 0.3) is 10.1 Å². The molecule has 0 spiro atoms. The Kier molecular flexibility index (Phi) is 3.32. The fraction of sp³-hybridized carbons (Fsp3) is 0.176. The topological polar surface area (TPSA) is 26.0 Å². The zero-order chi connectivity index (χ0) is 14.3. The van der Waals surface area contributed by atoms with E-state index in [0.29, 0.717) is 5.56 Å². The van der Waals surface area contributed by atoms with Crippen LogP contribution in [-0.4, -0.2) is 0 Å². The summed E-state index contributed by atoms with van der Waals surface area (Å²) in [5.41, 5.74) is 8.73. The van der Waals surface area contributed by atoms with Crippen molar-refractivity contribution in [3.8, 4) is 0 Å². The lowest BCUT2D eigenvalue weighted by Gasteiger charge is -2.15. The predicted octanol–water partition coefficient (Wildman–Crippen LogP) is 4.71. The second-order valence-electron chi connectivity index (χ2n) is 5.14. The Hall–Kier alpha value is -1.71. The van der Waals surface area contributed by atoms with Gasteiger partial charge in [0.25, 0.3) is 0 Å². The lowest BCUT2D eigenvalue weighted by molar-refractivity contribution is 0.597. The van der Waals surface area contributed by atoms with Crippen molar-refractivity contribution in [2.45, 2.75) is 19.9 Å². The second kappa shape index (κ2) is 5.00. The molecule has 2 N–H and O–H groups in total. The van der Waals surface area contributed by atoms with Gasteiger partial charge in [0.15, 0.2) is 0 Å². The lowest BCUT2D eigenvalue weighted by Crippen LogP contribution is -2.14. The molecule has 3 aromatic rings. The summed E-state index contributed by atoms with van der Waals surface area (Å²) in [7, 11) is 0. The third kappa shape index (κ3) is 2.23. The first kappa shape index (κ1) is 13.3. The number of hydrogen-bond donors (Lipinski definition) is 1. The van der Waals surface area contributed by atoms with Crippen LogP contribution in [0.1, 0.15) is 27.6 Å². The Labute approximate surface area is 121 Å². The number of hydrogen-bond acceptors (Lipinski definition) is 2. The highest BCUT2D eigenvalue weighted by Gasteiger charge is 2.18. The summed E-state index contributed by atoms with van der Waals surface area (Å²) in [6.07, 6.45) is 0. The molecule has 0 aliphatic rings. The fourth-order valence-corrected chi connectivity index (χ4v) is 3.69. The van der Waals surface area contributed by atoms with Gasteiger partial charge in [0.05, 0.1) is 6.04 Å². The van der Waals surface area contributed by atoms with Crippen LogP contribution in [-0.2, 0) is 0 Å². The molecule has 0 bridgehead atoms. The second-order valence-corrected chi connectivity index (χ2v) is 6.26. The van der Waals surface area contributed by atoms with E-state index in [1.54, 1.807) is 17.4 Å². The smallest absolute Gasteiger partial charge is 0.128 e. The van der Waals surface area contributed by atoms with Gasteiger partial charge in [-0.05, 0) is 48.6 Å². The normalized spacial score (nSPS) is 12.8. The van der Waals surface area contributed by atoms with Gasteiger partial charge in [0.2, 0.25) is 0 Å². The minimum Gasteiger partial charge on any atom is -0.320 e. The third-order valence-electron chi connectivity index (χ3n) is 3.54. The average Bonchev–Trinajstić information content (AvgIpc) is 2.81. The fourth-order valence-electron chi connectivity index (χ4n) is 2.62. The molecule has 0 radical (unpaired) electrons. The average molecular weight is 285 g/mol. The Morgan fingerprint density at radius 1 is 1.10 bits per heavy atom. The van der Waals surface area contributed by atoms with E-state index in [0.717, 1.165) is 21.4 Å². The third-order valence-corrected chi connectivity index (χ3v) is 4.74. The van der Waals surface area contributed by atoms with E-state index in [9.17, 15) is 4.39 Å². The molecule has 1 unspecified atom stereocenters. The maximum atomic E-state index is 14.2. The van der Waals surface area contributed by atoms with Crippen molar-refractivity contribution in [3.05, 3.63) is 69.8 Å². The number of thiophene rings is 1. The van der Waals surface area contributed by atoms with Gasteiger partial charge >= 0.3 is 0 Å². The molecule has 1 nitrogen and oxygen atoms in total. The first-order valence-electron chi connectivity index (χ1n) is 6.57. The van der Waals surface area contributed by atoms with Crippen LogP contribution in [0.15, 0.2) is 42.5 Å². The Bertz CT molecular complexity index is 720. The minimum atomic E-state index is -0.409. The molecule has 0 saturated heterocycles. The first-order valence-corrected chi connectivity index (χ1v) is 7.38. The highest BCUT2D eigenvalue weighted by molar-refractivity contribution is 7.19. The zero-order valence-electron chi connectivity index (χ0n) is 11.5. The Morgan fingerprint density at radius 3 is 2.55 bits per heavy atom. The van der Waals surface area contributed by atoms with E-state index in [1.165, 1.54) is 4.70 Å². The van der Waals surface area contributed by atoms with E-state index in [4.69, 9.17) is 5.73 Å². The molecule has 1 heterocycles. The van der Waals surface area contributed by atoms with Gasteiger partial charge in [-0.1, -0.05) is 24.3 Å². The van der Waals surface area contributed by atoms with Gasteiger partial charge in [-0.2, -0.15) is 0 Å². The summed E-state index contributed by atoms with van der Waals surface area (Å²) < 4.78 is 15.4. The summed E-state index contributed by atoms with van der Waals surface area (Å²) in [6, 6.07) is 13.3. The number of nitrogens with two attached hydrogens (primary N) is 1. The van der Waals surface area contributed by atoms with Crippen molar-refractivity contribution < 1.29 is 4.39 Å². The minimum absolute atomic E-state index is 0.215. The molecule has 0 aliphatic heterocycles. The Balaban J connectivity index is 2.10. The largest absolute Gasteiger partial charge is 0.320 e. The van der Waals surface area contributed by atoms with Crippen LogP contribution < -0.4 is 5.73 Å². The number of benzene rings is 2. The number of aryl methyl sites for hydroxylation is 2. The molecular formula is C17H16FNS. The van der Waals surface area contributed by atoms with E-state index >= 15 is 0 Å². The van der Waals surface area contributed by atoms with Crippen molar-refractivity contribution >= 4 is 21.4 Å². The Morgan fingerprint density at radius 2 is 1.85 bits per heavy atom. The van der Waals surface area contributed by atoms with Crippen LogP contribution in [0.2, 0.25) is 0 Å². The van der Waals surface area contributed by atoms with Crippen molar-refractivity contribution in [1.29, 1.82) is 0 Å². The molecule has 102 valence electrons. The van der Waals surface area contributed by atoms with Gasteiger partial charge in [-0.25, -0.2) is 4.39 Å². The van der Waals surface area contributed by atoms with Crippen LogP contribution in [0.4, 0.5) is 4.39 Å². The summed E-state index contributed by atoms with van der Waals surface area (Å²) in [6.45, 7) is 3.81. The molecule has 3 rings (SSSR count). The van der Waals surface area contributed by atoms with Crippen molar-refractivity contribution in [2.75, 3.05) is 0 Å². The summed E-state index contributed by atoms with van der Waals surface area (Å²) in [5.74, 6) is -0.215. The zero-order valence-corrected chi connectivity index (χ0v) is 12.3. The van der Waals surface area contributed by atoms with Gasteiger partial charge in [0.1, 0.15) is 5.82 Å². The predicted molar refractivity (Wildman–Crippen MR) is 83.7 cm³/mol. The molecule has 0 saturated carbocycles. The molecule has 1 aromatic heterocycles. The maximum Gasteiger partial charge on any atom is 0.128 e. The SMILES string of the molecule is Cc1cc(C)c(C(N)c2cc3ccccc3s2)c(F)c1. The summed E-state index contributed by atoms with van der Waals surface area (Å²) >= 11 is 1.63. The van der Waals surface area contributed by atoms with E-state index < -0.39 is 6.04 Å². The van der Waals surface area contributed by atoms with E-state index in [2.05, 4.69) is 18.2 Å². The van der Waals surface area contributed by atoms with E-state index in [1.807, 2.05) is 32.0 Å². The van der Waals surface area contributed by atoms with Crippen LogP contribution in [0.3, 0.4) is 0 Å².